The molecule has 1 aliphatic heterocycles. The van der Waals surface area contributed by atoms with E-state index in [1.54, 1.807) is 36.6 Å². The highest BCUT2D eigenvalue weighted by molar-refractivity contribution is 7.89. The van der Waals surface area contributed by atoms with Crippen molar-refractivity contribution in [3.8, 4) is 0 Å². The van der Waals surface area contributed by atoms with E-state index in [4.69, 9.17) is 9.15 Å². The van der Waals surface area contributed by atoms with Gasteiger partial charge in [-0.25, -0.2) is 13.1 Å². The van der Waals surface area contributed by atoms with E-state index in [1.807, 2.05) is 12.1 Å². The molecule has 1 aromatic heterocycles. The Morgan fingerprint density at radius 1 is 1.09 bits per heavy atom. The average Bonchev–Trinajstić information content (AvgIpc) is 3.11. The maximum Gasteiger partial charge on any atom is 0.240 e. The highest BCUT2D eigenvalue weighted by Gasteiger charge is 2.26. The van der Waals surface area contributed by atoms with Gasteiger partial charge in [-0.15, -0.1) is 0 Å². The molecular formula is C16H20N2O4S. The molecule has 1 aliphatic rings. The van der Waals surface area contributed by atoms with Gasteiger partial charge in [0.15, 0.2) is 0 Å². The third kappa shape index (κ3) is 4.00. The monoisotopic (exact) mass is 336 g/mol. The van der Waals surface area contributed by atoms with Gasteiger partial charge in [-0.3, -0.25) is 4.90 Å². The second-order valence-corrected chi connectivity index (χ2v) is 7.11. The number of hydrogen-bond acceptors (Lipinski definition) is 5. The fraction of sp³-hybridized carbons (Fsp3) is 0.375. The van der Waals surface area contributed by atoms with Gasteiger partial charge < -0.3 is 9.15 Å². The molecule has 1 fully saturated rings. The van der Waals surface area contributed by atoms with Crippen molar-refractivity contribution < 1.29 is 17.6 Å². The lowest BCUT2D eigenvalue weighted by atomic mass is 10.2. The molecule has 1 atom stereocenters. The maximum absolute atomic E-state index is 12.4. The van der Waals surface area contributed by atoms with Crippen LogP contribution in [0, 0.1) is 0 Å². The fourth-order valence-corrected chi connectivity index (χ4v) is 3.71. The lowest BCUT2D eigenvalue weighted by Crippen LogP contribution is -2.43. The Labute approximate surface area is 136 Å². The Kier molecular flexibility index (Phi) is 5.12. The van der Waals surface area contributed by atoms with Gasteiger partial charge in [-0.1, -0.05) is 18.2 Å². The SMILES string of the molecule is O=S(=O)(NCC(c1ccco1)N1CCOCC1)c1ccccc1. The third-order valence-electron chi connectivity index (χ3n) is 3.88. The zero-order valence-electron chi connectivity index (χ0n) is 12.7. The van der Waals surface area contributed by atoms with Gasteiger partial charge in [0.25, 0.3) is 0 Å². The average molecular weight is 336 g/mol. The minimum absolute atomic E-state index is 0.146. The van der Waals surface area contributed by atoms with Crippen molar-refractivity contribution in [3.05, 3.63) is 54.5 Å². The topological polar surface area (TPSA) is 71.8 Å². The summed E-state index contributed by atoms with van der Waals surface area (Å²) in [7, 11) is -3.53. The second-order valence-electron chi connectivity index (χ2n) is 5.34. The number of benzene rings is 1. The van der Waals surface area contributed by atoms with Crippen LogP contribution in [-0.2, 0) is 14.8 Å². The van der Waals surface area contributed by atoms with E-state index in [-0.39, 0.29) is 17.5 Å². The summed E-state index contributed by atoms with van der Waals surface area (Å²) < 4.78 is 38.4. The molecular weight excluding hydrogens is 316 g/mol. The summed E-state index contributed by atoms with van der Waals surface area (Å²) in [6.45, 7) is 3.03. The first kappa shape index (κ1) is 16.2. The molecule has 7 heteroatoms. The lowest BCUT2D eigenvalue weighted by molar-refractivity contribution is 0.0128. The van der Waals surface area contributed by atoms with Crippen molar-refractivity contribution in [1.82, 2.24) is 9.62 Å². The van der Waals surface area contributed by atoms with Crippen molar-refractivity contribution >= 4 is 10.0 Å². The van der Waals surface area contributed by atoms with Gasteiger partial charge in [0.05, 0.1) is 30.4 Å². The number of nitrogens with one attached hydrogen (secondary N) is 1. The van der Waals surface area contributed by atoms with Crippen LogP contribution in [-0.4, -0.2) is 46.2 Å². The molecule has 0 aliphatic carbocycles. The quantitative estimate of drug-likeness (QED) is 0.868. The predicted octanol–water partition coefficient (Wildman–Crippen LogP) is 1.63. The normalized spacial score (nSPS) is 17.9. The van der Waals surface area contributed by atoms with Crippen LogP contribution in [0.1, 0.15) is 11.8 Å². The standard InChI is InChI=1S/C16H20N2O4S/c19-23(20,14-5-2-1-3-6-14)17-13-15(16-7-4-10-22-16)18-8-11-21-12-9-18/h1-7,10,15,17H,8-9,11-13H2. The van der Waals surface area contributed by atoms with Gasteiger partial charge >= 0.3 is 0 Å². The number of sulfonamides is 1. The highest BCUT2D eigenvalue weighted by Crippen LogP contribution is 2.22. The molecule has 1 N–H and O–H groups in total. The number of rotatable bonds is 6. The van der Waals surface area contributed by atoms with E-state index in [0.717, 1.165) is 18.8 Å². The summed E-state index contributed by atoms with van der Waals surface area (Å²) in [5, 5.41) is 0. The molecule has 2 aromatic rings. The Morgan fingerprint density at radius 2 is 1.83 bits per heavy atom. The molecule has 3 rings (SSSR count). The molecule has 0 spiro atoms. The van der Waals surface area contributed by atoms with Crippen molar-refractivity contribution in [2.24, 2.45) is 0 Å². The van der Waals surface area contributed by atoms with Crippen molar-refractivity contribution in [2.75, 3.05) is 32.8 Å². The minimum atomic E-state index is -3.53. The molecule has 0 bridgehead atoms. The van der Waals surface area contributed by atoms with Crippen molar-refractivity contribution in [1.29, 1.82) is 0 Å². The molecule has 0 radical (unpaired) electrons. The molecule has 0 amide bonds. The Morgan fingerprint density at radius 3 is 2.48 bits per heavy atom. The van der Waals surface area contributed by atoms with Gasteiger partial charge in [-0.2, -0.15) is 0 Å². The lowest BCUT2D eigenvalue weighted by Gasteiger charge is -2.33. The summed E-state index contributed by atoms with van der Waals surface area (Å²) in [5.74, 6) is 0.752. The first-order valence-electron chi connectivity index (χ1n) is 7.57. The van der Waals surface area contributed by atoms with E-state index in [2.05, 4.69) is 9.62 Å². The highest BCUT2D eigenvalue weighted by atomic mass is 32.2. The van der Waals surface area contributed by atoms with Crippen LogP contribution >= 0.6 is 0 Å². The number of hydrogen-bond donors (Lipinski definition) is 1. The molecule has 1 aromatic carbocycles. The molecule has 23 heavy (non-hydrogen) atoms. The van der Waals surface area contributed by atoms with Crippen molar-refractivity contribution in [3.63, 3.8) is 0 Å². The van der Waals surface area contributed by atoms with Crippen LogP contribution in [0.4, 0.5) is 0 Å². The molecule has 2 heterocycles. The Bertz CT molecular complexity index is 695. The maximum atomic E-state index is 12.4. The zero-order valence-corrected chi connectivity index (χ0v) is 13.5. The van der Waals surface area contributed by atoms with E-state index in [0.29, 0.717) is 13.2 Å². The smallest absolute Gasteiger partial charge is 0.240 e. The van der Waals surface area contributed by atoms with Gasteiger partial charge in [0.2, 0.25) is 10.0 Å². The summed E-state index contributed by atoms with van der Waals surface area (Å²) in [5.41, 5.74) is 0. The Hall–Kier alpha value is -1.67. The largest absolute Gasteiger partial charge is 0.468 e. The zero-order chi connectivity index (χ0) is 16.1. The summed E-state index contributed by atoms with van der Waals surface area (Å²) in [6, 6.07) is 11.9. The third-order valence-corrected chi connectivity index (χ3v) is 5.32. The molecule has 0 saturated carbocycles. The molecule has 1 saturated heterocycles. The van der Waals surface area contributed by atoms with Gasteiger partial charge in [0.1, 0.15) is 5.76 Å². The number of nitrogens with zero attached hydrogens (tertiary/aromatic N) is 1. The molecule has 1 unspecified atom stereocenters. The number of ether oxygens (including phenoxy) is 1. The van der Waals surface area contributed by atoms with E-state index in [1.165, 1.54) is 0 Å². The number of furan rings is 1. The van der Waals surface area contributed by atoms with E-state index < -0.39 is 10.0 Å². The summed E-state index contributed by atoms with van der Waals surface area (Å²) >= 11 is 0. The van der Waals surface area contributed by atoms with E-state index >= 15 is 0 Å². The summed E-state index contributed by atoms with van der Waals surface area (Å²) in [4.78, 5) is 2.44. The molecule has 124 valence electrons. The van der Waals surface area contributed by atoms with Crippen LogP contribution in [0.25, 0.3) is 0 Å². The van der Waals surface area contributed by atoms with Gasteiger partial charge in [0, 0.05) is 19.6 Å². The predicted molar refractivity (Wildman–Crippen MR) is 85.5 cm³/mol. The second kappa shape index (κ2) is 7.27. The molecule has 6 nitrogen and oxygen atoms in total. The fourth-order valence-electron chi connectivity index (χ4n) is 2.65. The number of morpholine rings is 1. The first-order valence-corrected chi connectivity index (χ1v) is 9.05. The first-order chi connectivity index (χ1) is 11.2. The van der Waals surface area contributed by atoms with Crippen LogP contribution in [0.15, 0.2) is 58.0 Å². The van der Waals surface area contributed by atoms with Crippen LogP contribution < -0.4 is 4.72 Å². The van der Waals surface area contributed by atoms with Crippen LogP contribution in [0.5, 0.6) is 0 Å². The van der Waals surface area contributed by atoms with Crippen molar-refractivity contribution in [2.45, 2.75) is 10.9 Å². The van der Waals surface area contributed by atoms with E-state index in [9.17, 15) is 8.42 Å². The van der Waals surface area contributed by atoms with Gasteiger partial charge in [-0.05, 0) is 24.3 Å². The van der Waals surface area contributed by atoms with Crippen LogP contribution in [0.3, 0.4) is 0 Å². The van der Waals surface area contributed by atoms with Crippen LogP contribution in [0.2, 0.25) is 0 Å². The summed E-state index contributed by atoms with van der Waals surface area (Å²) in [6.07, 6.45) is 1.61. The Balaban J connectivity index is 1.74. The minimum Gasteiger partial charge on any atom is -0.468 e.